The van der Waals surface area contributed by atoms with E-state index in [-0.39, 0.29) is 11.3 Å². The van der Waals surface area contributed by atoms with Crippen LogP contribution in [0.1, 0.15) is 23.2 Å². The van der Waals surface area contributed by atoms with Gasteiger partial charge in [0.2, 0.25) is 0 Å². The number of halogens is 1. The van der Waals surface area contributed by atoms with Crippen molar-refractivity contribution in [2.45, 2.75) is 12.8 Å². The summed E-state index contributed by atoms with van der Waals surface area (Å²) in [6, 6.07) is 3.00. The van der Waals surface area contributed by atoms with E-state index in [4.69, 9.17) is 0 Å². The molecule has 1 aromatic rings. The van der Waals surface area contributed by atoms with E-state index < -0.39 is 16.6 Å². The maximum Gasteiger partial charge on any atom is 0.272 e. The number of non-ortho nitro benzene ring substituents is 1. The van der Waals surface area contributed by atoms with Crippen molar-refractivity contribution in [1.82, 2.24) is 10.6 Å². The van der Waals surface area contributed by atoms with Crippen molar-refractivity contribution >= 4 is 11.6 Å². The molecule has 0 unspecified atom stereocenters. The maximum absolute atomic E-state index is 13.7. The number of nitrogens with one attached hydrogen (secondary N) is 2. The van der Waals surface area contributed by atoms with Crippen molar-refractivity contribution in [3.63, 3.8) is 0 Å². The van der Waals surface area contributed by atoms with Gasteiger partial charge in [0.25, 0.3) is 11.6 Å². The molecule has 0 saturated heterocycles. The molecule has 0 fully saturated rings. The van der Waals surface area contributed by atoms with Crippen molar-refractivity contribution < 1.29 is 14.1 Å². The van der Waals surface area contributed by atoms with Gasteiger partial charge in [0, 0.05) is 19.2 Å². The molecule has 21 heavy (non-hydrogen) atoms. The van der Waals surface area contributed by atoms with E-state index in [1.54, 1.807) is 0 Å². The van der Waals surface area contributed by atoms with Crippen LogP contribution in [0.4, 0.5) is 10.1 Å². The molecular formula is C14H16FN3O3. The number of carbonyl (C=O) groups excluding carboxylic acids is 1. The Balaban J connectivity index is 1.91. The van der Waals surface area contributed by atoms with E-state index in [1.807, 2.05) is 0 Å². The summed E-state index contributed by atoms with van der Waals surface area (Å²) in [4.78, 5) is 21.6. The third-order valence-electron chi connectivity index (χ3n) is 3.30. The number of carbonyl (C=O) groups is 1. The van der Waals surface area contributed by atoms with Gasteiger partial charge in [-0.05, 0) is 25.5 Å². The first-order chi connectivity index (χ1) is 10.1. The van der Waals surface area contributed by atoms with Gasteiger partial charge in [0.15, 0.2) is 0 Å². The minimum Gasteiger partial charge on any atom is -0.352 e. The normalized spacial score (nSPS) is 14.4. The Morgan fingerprint density at radius 3 is 2.90 bits per heavy atom. The first-order valence-corrected chi connectivity index (χ1v) is 6.68. The fourth-order valence-corrected chi connectivity index (χ4v) is 2.13. The molecule has 1 heterocycles. The lowest BCUT2D eigenvalue weighted by molar-refractivity contribution is -0.385. The van der Waals surface area contributed by atoms with E-state index in [1.165, 1.54) is 5.57 Å². The number of amides is 1. The minimum atomic E-state index is -0.886. The number of rotatable bonds is 5. The fourth-order valence-electron chi connectivity index (χ4n) is 2.13. The van der Waals surface area contributed by atoms with Crippen LogP contribution >= 0.6 is 0 Å². The van der Waals surface area contributed by atoms with Crippen LogP contribution in [-0.4, -0.2) is 30.5 Å². The average molecular weight is 293 g/mol. The summed E-state index contributed by atoms with van der Waals surface area (Å²) in [5.74, 6) is -1.44. The van der Waals surface area contributed by atoms with Crippen LogP contribution in [0.3, 0.4) is 0 Å². The SMILES string of the molecule is O=C(NCCC1=CCNCC1)c1ccc([N+](=O)[O-])cc1F. The number of benzene rings is 1. The topological polar surface area (TPSA) is 84.3 Å². The summed E-state index contributed by atoms with van der Waals surface area (Å²) in [6.45, 7) is 2.18. The van der Waals surface area contributed by atoms with Crippen LogP contribution in [0, 0.1) is 15.9 Å². The Morgan fingerprint density at radius 1 is 1.48 bits per heavy atom. The number of hydrogen-bond donors (Lipinski definition) is 2. The number of nitrogens with zero attached hydrogens (tertiary/aromatic N) is 1. The fraction of sp³-hybridized carbons (Fsp3) is 0.357. The smallest absolute Gasteiger partial charge is 0.272 e. The number of nitro benzene ring substituents is 1. The molecule has 1 aromatic carbocycles. The molecule has 1 amide bonds. The second kappa shape index (κ2) is 6.94. The van der Waals surface area contributed by atoms with E-state index in [0.717, 1.165) is 44.1 Å². The summed E-state index contributed by atoms with van der Waals surface area (Å²) in [7, 11) is 0. The third kappa shape index (κ3) is 4.09. The van der Waals surface area contributed by atoms with Crippen molar-refractivity contribution in [2.24, 2.45) is 0 Å². The van der Waals surface area contributed by atoms with Crippen molar-refractivity contribution in [1.29, 1.82) is 0 Å². The highest BCUT2D eigenvalue weighted by Crippen LogP contribution is 2.16. The Bertz CT molecular complexity index is 587. The highest BCUT2D eigenvalue weighted by molar-refractivity contribution is 5.94. The zero-order valence-electron chi connectivity index (χ0n) is 11.4. The van der Waals surface area contributed by atoms with Gasteiger partial charge in [-0.25, -0.2) is 4.39 Å². The highest BCUT2D eigenvalue weighted by atomic mass is 19.1. The lowest BCUT2D eigenvalue weighted by atomic mass is 10.1. The summed E-state index contributed by atoms with van der Waals surface area (Å²) in [5.41, 5.74) is 0.710. The van der Waals surface area contributed by atoms with Gasteiger partial charge in [-0.1, -0.05) is 11.6 Å². The molecule has 1 aliphatic rings. The summed E-state index contributed by atoms with van der Waals surface area (Å²) in [6.07, 6.45) is 3.76. The molecule has 0 atom stereocenters. The summed E-state index contributed by atoms with van der Waals surface area (Å²) >= 11 is 0. The molecule has 0 aromatic heterocycles. The van der Waals surface area contributed by atoms with Crippen LogP contribution in [0.25, 0.3) is 0 Å². The monoisotopic (exact) mass is 293 g/mol. The molecule has 0 bridgehead atoms. The van der Waals surface area contributed by atoms with Crippen LogP contribution in [0.5, 0.6) is 0 Å². The summed E-state index contributed by atoms with van der Waals surface area (Å²) < 4.78 is 13.7. The highest BCUT2D eigenvalue weighted by Gasteiger charge is 2.16. The zero-order valence-corrected chi connectivity index (χ0v) is 11.4. The van der Waals surface area contributed by atoms with Gasteiger partial charge in [-0.15, -0.1) is 0 Å². The van der Waals surface area contributed by atoms with Gasteiger partial charge in [-0.2, -0.15) is 0 Å². The first kappa shape index (κ1) is 15.1. The molecule has 2 rings (SSSR count). The zero-order chi connectivity index (χ0) is 15.2. The van der Waals surface area contributed by atoms with Gasteiger partial charge >= 0.3 is 0 Å². The Hall–Kier alpha value is -2.28. The predicted molar refractivity (Wildman–Crippen MR) is 75.6 cm³/mol. The molecule has 6 nitrogen and oxygen atoms in total. The molecule has 0 aliphatic carbocycles. The Kier molecular flexibility index (Phi) is 4.99. The molecule has 0 radical (unpaired) electrons. The van der Waals surface area contributed by atoms with Gasteiger partial charge < -0.3 is 10.6 Å². The maximum atomic E-state index is 13.7. The second-order valence-electron chi connectivity index (χ2n) is 4.74. The second-order valence-corrected chi connectivity index (χ2v) is 4.74. The predicted octanol–water partition coefficient (Wildman–Crippen LogP) is 1.77. The van der Waals surface area contributed by atoms with Crippen LogP contribution < -0.4 is 10.6 Å². The van der Waals surface area contributed by atoms with Crippen LogP contribution in [0.2, 0.25) is 0 Å². The Morgan fingerprint density at radius 2 is 2.29 bits per heavy atom. The Labute approximate surface area is 121 Å². The van der Waals surface area contributed by atoms with Gasteiger partial charge in [0.1, 0.15) is 5.82 Å². The van der Waals surface area contributed by atoms with E-state index in [9.17, 15) is 19.3 Å². The molecule has 0 saturated carbocycles. The van der Waals surface area contributed by atoms with Gasteiger partial charge in [0.05, 0.1) is 16.6 Å². The summed E-state index contributed by atoms with van der Waals surface area (Å²) in [5, 5.41) is 16.3. The minimum absolute atomic E-state index is 0.181. The standard InChI is InChI=1S/C14H16FN3O3/c15-13-9-11(18(20)21)1-2-12(13)14(19)17-8-5-10-3-6-16-7-4-10/h1-3,9,16H,4-8H2,(H,17,19). The lowest BCUT2D eigenvalue weighted by Crippen LogP contribution is -2.27. The lowest BCUT2D eigenvalue weighted by Gasteiger charge is -2.14. The van der Waals surface area contributed by atoms with E-state index in [0.29, 0.717) is 6.54 Å². The van der Waals surface area contributed by atoms with Crippen molar-refractivity contribution in [3.8, 4) is 0 Å². The molecule has 1 aliphatic heterocycles. The third-order valence-corrected chi connectivity index (χ3v) is 3.30. The molecule has 2 N–H and O–H groups in total. The molecular weight excluding hydrogens is 277 g/mol. The van der Waals surface area contributed by atoms with Gasteiger partial charge in [-0.3, -0.25) is 14.9 Å². The number of nitro groups is 1. The molecule has 7 heteroatoms. The number of hydrogen-bond acceptors (Lipinski definition) is 4. The first-order valence-electron chi connectivity index (χ1n) is 6.68. The van der Waals surface area contributed by atoms with E-state index >= 15 is 0 Å². The van der Waals surface area contributed by atoms with E-state index in [2.05, 4.69) is 16.7 Å². The van der Waals surface area contributed by atoms with Crippen LogP contribution in [0.15, 0.2) is 29.8 Å². The quantitative estimate of drug-likeness (QED) is 0.492. The average Bonchev–Trinajstić information content (AvgIpc) is 2.48. The largest absolute Gasteiger partial charge is 0.352 e. The molecule has 0 spiro atoms. The van der Waals surface area contributed by atoms with Crippen LogP contribution in [-0.2, 0) is 0 Å². The van der Waals surface area contributed by atoms with Crippen molar-refractivity contribution in [3.05, 3.63) is 51.3 Å². The molecule has 112 valence electrons. The van der Waals surface area contributed by atoms with Crippen molar-refractivity contribution in [2.75, 3.05) is 19.6 Å².